The number of methoxy groups -OCH3 is 2. The predicted octanol–water partition coefficient (Wildman–Crippen LogP) is 3.70. The molecule has 0 aromatic heterocycles. The van der Waals surface area contributed by atoms with Gasteiger partial charge in [0.05, 0.1) is 19.9 Å². The number of benzene rings is 2. The number of hydrogen-bond donors (Lipinski definition) is 1. The summed E-state index contributed by atoms with van der Waals surface area (Å²) in [6, 6.07) is 9.83. The van der Waals surface area contributed by atoms with E-state index in [4.69, 9.17) is 9.47 Å². The second-order valence-electron chi connectivity index (χ2n) is 5.85. The van der Waals surface area contributed by atoms with Crippen molar-refractivity contribution in [1.29, 1.82) is 0 Å². The molecule has 3 rings (SSSR count). The van der Waals surface area contributed by atoms with Crippen LogP contribution in [0.1, 0.15) is 23.2 Å². The predicted molar refractivity (Wildman–Crippen MR) is 95.3 cm³/mol. The van der Waals surface area contributed by atoms with Crippen LogP contribution in [0.25, 0.3) is 0 Å². The molecule has 2 aromatic rings. The van der Waals surface area contributed by atoms with Gasteiger partial charge in [0.1, 0.15) is 22.9 Å². The van der Waals surface area contributed by atoms with Gasteiger partial charge in [-0.25, -0.2) is 4.39 Å². The summed E-state index contributed by atoms with van der Waals surface area (Å²) in [4.78, 5) is 14.9. The van der Waals surface area contributed by atoms with E-state index in [1.54, 1.807) is 30.3 Å². The van der Waals surface area contributed by atoms with Gasteiger partial charge in [-0.05, 0) is 43.2 Å². The SMILES string of the molecule is COc1cccc(OC)c1C(=O)Nc1cc(N2CCCC2)ccc1F. The number of anilines is 2. The highest BCUT2D eigenvalue weighted by Crippen LogP contribution is 2.31. The van der Waals surface area contributed by atoms with Crippen molar-refractivity contribution in [3.63, 3.8) is 0 Å². The summed E-state index contributed by atoms with van der Waals surface area (Å²) in [5.41, 5.74) is 1.28. The Bertz CT molecular complexity index is 751. The number of rotatable bonds is 5. The number of hydrogen-bond acceptors (Lipinski definition) is 4. The molecule has 1 fully saturated rings. The maximum atomic E-state index is 14.2. The van der Waals surface area contributed by atoms with Crippen molar-refractivity contribution in [3.05, 3.63) is 47.8 Å². The minimum Gasteiger partial charge on any atom is -0.496 e. The molecule has 5 nitrogen and oxygen atoms in total. The standard InChI is InChI=1S/C19H21FN2O3/c1-24-16-6-5-7-17(25-2)18(16)19(23)21-15-12-13(8-9-14(15)20)22-10-3-4-11-22/h5-9,12H,3-4,10-11H2,1-2H3,(H,21,23). The summed E-state index contributed by atoms with van der Waals surface area (Å²) in [5, 5.41) is 2.64. The minimum absolute atomic E-state index is 0.141. The molecule has 132 valence electrons. The van der Waals surface area contributed by atoms with Crippen molar-refractivity contribution in [2.24, 2.45) is 0 Å². The number of amides is 1. The minimum atomic E-state index is -0.481. The number of nitrogens with one attached hydrogen (secondary N) is 1. The first-order chi connectivity index (χ1) is 12.1. The Balaban J connectivity index is 1.90. The largest absolute Gasteiger partial charge is 0.496 e. The lowest BCUT2D eigenvalue weighted by Crippen LogP contribution is -2.19. The highest BCUT2D eigenvalue weighted by molar-refractivity contribution is 6.08. The van der Waals surface area contributed by atoms with E-state index in [0.717, 1.165) is 31.6 Å². The topological polar surface area (TPSA) is 50.8 Å². The van der Waals surface area contributed by atoms with Gasteiger partial charge in [-0.3, -0.25) is 4.79 Å². The van der Waals surface area contributed by atoms with E-state index in [2.05, 4.69) is 10.2 Å². The van der Waals surface area contributed by atoms with Gasteiger partial charge in [0.15, 0.2) is 0 Å². The van der Waals surface area contributed by atoms with E-state index in [1.807, 2.05) is 0 Å². The Hall–Kier alpha value is -2.76. The molecule has 1 heterocycles. The summed E-state index contributed by atoms with van der Waals surface area (Å²) in [5.74, 6) is -0.224. The van der Waals surface area contributed by atoms with Crippen molar-refractivity contribution >= 4 is 17.3 Å². The van der Waals surface area contributed by atoms with Crippen LogP contribution in [0.2, 0.25) is 0 Å². The first kappa shape index (κ1) is 17.1. The fraction of sp³-hybridized carbons (Fsp3) is 0.316. The lowest BCUT2D eigenvalue weighted by molar-refractivity contribution is 0.102. The Morgan fingerprint density at radius 1 is 1.08 bits per heavy atom. The maximum Gasteiger partial charge on any atom is 0.263 e. The zero-order valence-electron chi connectivity index (χ0n) is 14.3. The van der Waals surface area contributed by atoms with Crippen molar-refractivity contribution in [1.82, 2.24) is 0 Å². The van der Waals surface area contributed by atoms with Crippen molar-refractivity contribution in [2.75, 3.05) is 37.5 Å². The Morgan fingerprint density at radius 3 is 2.32 bits per heavy atom. The molecule has 0 aliphatic carbocycles. The zero-order chi connectivity index (χ0) is 17.8. The third kappa shape index (κ3) is 3.52. The summed E-state index contributed by atoms with van der Waals surface area (Å²) in [6.45, 7) is 1.89. The van der Waals surface area contributed by atoms with Crippen molar-refractivity contribution < 1.29 is 18.7 Å². The number of carbonyl (C=O) groups excluding carboxylic acids is 1. The van der Waals surface area contributed by atoms with E-state index in [1.165, 1.54) is 20.3 Å². The molecule has 0 radical (unpaired) electrons. The number of nitrogens with zero attached hydrogens (tertiary/aromatic N) is 1. The number of halogens is 1. The normalized spacial score (nSPS) is 13.6. The van der Waals surface area contributed by atoms with Gasteiger partial charge in [-0.15, -0.1) is 0 Å². The molecule has 1 N–H and O–H groups in total. The van der Waals surface area contributed by atoms with Gasteiger partial charge < -0.3 is 19.7 Å². The van der Waals surface area contributed by atoms with Crippen LogP contribution in [-0.2, 0) is 0 Å². The highest BCUT2D eigenvalue weighted by Gasteiger charge is 2.20. The fourth-order valence-corrected chi connectivity index (χ4v) is 3.04. The van der Waals surface area contributed by atoms with E-state index < -0.39 is 11.7 Å². The second kappa shape index (κ2) is 7.42. The molecule has 1 aliphatic heterocycles. The monoisotopic (exact) mass is 344 g/mol. The number of ether oxygens (including phenoxy) is 2. The van der Waals surface area contributed by atoms with Gasteiger partial charge >= 0.3 is 0 Å². The summed E-state index contributed by atoms with van der Waals surface area (Å²) < 4.78 is 24.7. The third-order valence-corrected chi connectivity index (χ3v) is 4.32. The van der Waals surface area contributed by atoms with Gasteiger partial charge in [0, 0.05) is 18.8 Å². The third-order valence-electron chi connectivity index (χ3n) is 4.32. The van der Waals surface area contributed by atoms with Crippen LogP contribution in [0.15, 0.2) is 36.4 Å². The summed E-state index contributed by atoms with van der Waals surface area (Å²) in [7, 11) is 2.94. The summed E-state index contributed by atoms with van der Waals surface area (Å²) in [6.07, 6.45) is 2.25. The first-order valence-electron chi connectivity index (χ1n) is 8.21. The summed E-state index contributed by atoms with van der Waals surface area (Å²) >= 11 is 0. The van der Waals surface area contributed by atoms with Gasteiger partial charge in [-0.2, -0.15) is 0 Å². The molecule has 6 heteroatoms. The lowest BCUT2D eigenvalue weighted by Gasteiger charge is -2.19. The van der Waals surface area contributed by atoms with Crippen molar-refractivity contribution in [3.8, 4) is 11.5 Å². The molecule has 1 saturated heterocycles. The molecule has 1 amide bonds. The maximum absolute atomic E-state index is 14.2. The van der Waals surface area contributed by atoms with Crippen LogP contribution in [-0.4, -0.2) is 33.2 Å². The second-order valence-corrected chi connectivity index (χ2v) is 5.85. The van der Waals surface area contributed by atoms with Gasteiger partial charge in [0.2, 0.25) is 0 Å². The molecular weight excluding hydrogens is 323 g/mol. The van der Waals surface area contributed by atoms with E-state index in [-0.39, 0.29) is 11.3 Å². The molecule has 0 atom stereocenters. The van der Waals surface area contributed by atoms with Crippen LogP contribution in [0.3, 0.4) is 0 Å². The van der Waals surface area contributed by atoms with Crippen LogP contribution in [0.5, 0.6) is 11.5 Å². The Kier molecular flexibility index (Phi) is 5.07. The van der Waals surface area contributed by atoms with E-state index >= 15 is 0 Å². The molecule has 1 aliphatic rings. The quantitative estimate of drug-likeness (QED) is 0.899. The van der Waals surface area contributed by atoms with Crippen LogP contribution in [0.4, 0.5) is 15.8 Å². The lowest BCUT2D eigenvalue weighted by atomic mass is 10.1. The molecule has 0 saturated carbocycles. The highest BCUT2D eigenvalue weighted by atomic mass is 19.1. The average molecular weight is 344 g/mol. The Morgan fingerprint density at radius 2 is 1.72 bits per heavy atom. The average Bonchev–Trinajstić information content (AvgIpc) is 3.17. The van der Waals surface area contributed by atoms with E-state index in [0.29, 0.717) is 11.5 Å². The molecule has 0 spiro atoms. The molecular formula is C19H21FN2O3. The smallest absolute Gasteiger partial charge is 0.263 e. The van der Waals surface area contributed by atoms with Gasteiger partial charge in [0.25, 0.3) is 5.91 Å². The van der Waals surface area contributed by atoms with Crippen LogP contribution < -0.4 is 19.7 Å². The van der Waals surface area contributed by atoms with E-state index in [9.17, 15) is 9.18 Å². The van der Waals surface area contributed by atoms with Crippen LogP contribution >= 0.6 is 0 Å². The molecule has 2 aromatic carbocycles. The molecule has 25 heavy (non-hydrogen) atoms. The molecule has 0 bridgehead atoms. The first-order valence-corrected chi connectivity index (χ1v) is 8.21. The van der Waals surface area contributed by atoms with Crippen LogP contribution in [0, 0.1) is 5.82 Å². The zero-order valence-corrected chi connectivity index (χ0v) is 14.3. The van der Waals surface area contributed by atoms with Gasteiger partial charge in [-0.1, -0.05) is 6.07 Å². The van der Waals surface area contributed by atoms with Crippen molar-refractivity contribution in [2.45, 2.75) is 12.8 Å². The molecule has 0 unspecified atom stereocenters. The number of carbonyl (C=O) groups is 1. The Labute approximate surface area is 146 Å². The fourth-order valence-electron chi connectivity index (χ4n) is 3.04.